The lowest BCUT2D eigenvalue weighted by molar-refractivity contribution is 0.101. The lowest BCUT2D eigenvalue weighted by Gasteiger charge is -2.33. The monoisotopic (exact) mass is 652 g/mol. The van der Waals surface area contributed by atoms with Crippen LogP contribution in [0.1, 0.15) is 35.8 Å². The first-order valence-electron chi connectivity index (χ1n) is 14.9. The molecule has 0 radical (unpaired) electrons. The van der Waals surface area contributed by atoms with Crippen LogP contribution >= 0.6 is 0 Å². The SMILES string of the molecule is COc1cccc(F)c1-c1ccc(S(=O)(=O)NCCN2CCC(CN(N)/C=C(\N)c3c(C(C)=O)[nH]c4ccc(F)cc34)CC2)cc1. The fraction of sp³-hybridized carbons (Fsp3) is 0.303. The molecule has 13 heteroatoms. The van der Waals surface area contributed by atoms with Crippen LogP contribution in [0, 0.1) is 17.6 Å². The van der Waals surface area contributed by atoms with E-state index in [0.29, 0.717) is 46.6 Å². The molecule has 1 aromatic heterocycles. The number of halogens is 2. The van der Waals surface area contributed by atoms with E-state index < -0.39 is 21.7 Å². The van der Waals surface area contributed by atoms with Crippen molar-refractivity contribution in [2.75, 3.05) is 39.8 Å². The molecule has 0 aliphatic carbocycles. The zero-order valence-corrected chi connectivity index (χ0v) is 26.5. The summed E-state index contributed by atoms with van der Waals surface area (Å²) in [6, 6.07) is 14.8. The number of benzene rings is 3. The quantitative estimate of drug-likeness (QED) is 0.0998. The molecule has 1 aliphatic rings. The predicted molar refractivity (Wildman–Crippen MR) is 174 cm³/mol. The van der Waals surface area contributed by atoms with Crippen molar-refractivity contribution in [1.29, 1.82) is 0 Å². The first-order valence-corrected chi connectivity index (χ1v) is 16.4. The van der Waals surface area contributed by atoms with Gasteiger partial charge in [0.25, 0.3) is 0 Å². The number of likely N-dealkylation sites (tertiary alicyclic amines) is 1. The Morgan fingerprint density at radius 2 is 1.85 bits per heavy atom. The number of ketones is 1. The average Bonchev–Trinajstić information content (AvgIpc) is 3.41. The highest BCUT2D eigenvalue weighted by Crippen LogP contribution is 2.33. The van der Waals surface area contributed by atoms with Crippen LogP contribution < -0.4 is 21.0 Å². The number of aromatic nitrogens is 1. The Labute approximate surface area is 267 Å². The van der Waals surface area contributed by atoms with Crippen molar-refractivity contribution in [3.63, 3.8) is 0 Å². The molecule has 4 aromatic rings. The van der Waals surface area contributed by atoms with Crippen molar-refractivity contribution in [1.82, 2.24) is 19.6 Å². The van der Waals surface area contributed by atoms with Crippen LogP contribution in [-0.2, 0) is 10.0 Å². The topological polar surface area (TPSA) is 147 Å². The van der Waals surface area contributed by atoms with Crippen LogP contribution in [0.2, 0.25) is 0 Å². The summed E-state index contributed by atoms with van der Waals surface area (Å²) in [5.74, 6) is 5.82. The normalized spacial score (nSPS) is 14.9. The number of hydrogen-bond donors (Lipinski definition) is 4. The zero-order chi connectivity index (χ0) is 33.0. The summed E-state index contributed by atoms with van der Waals surface area (Å²) in [6.45, 7) is 4.27. The number of methoxy groups -OCH3 is 1. The molecule has 0 atom stereocenters. The largest absolute Gasteiger partial charge is 0.496 e. The number of nitrogens with two attached hydrogens (primary N) is 2. The smallest absolute Gasteiger partial charge is 0.240 e. The minimum atomic E-state index is -3.75. The summed E-state index contributed by atoms with van der Waals surface area (Å²) >= 11 is 0. The first kappa shape index (κ1) is 33.1. The van der Waals surface area contributed by atoms with Crippen molar-refractivity contribution < 1.29 is 26.7 Å². The second-order valence-corrected chi connectivity index (χ2v) is 13.2. The molecule has 1 aliphatic heterocycles. The molecule has 6 N–H and O–H groups in total. The highest BCUT2D eigenvalue weighted by Gasteiger charge is 2.23. The number of rotatable bonds is 12. The molecule has 244 valence electrons. The number of nitrogens with zero attached hydrogens (tertiary/aromatic N) is 2. The summed E-state index contributed by atoms with van der Waals surface area (Å²) in [7, 11) is -2.30. The second kappa shape index (κ2) is 14.0. The molecule has 46 heavy (non-hydrogen) atoms. The van der Waals surface area contributed by atoms with Gasteiger partial charge in [-0.05, 0) is 79.9 Å². The number of nitrogens with one attached hydrogen (secondary N) is 2. The van der Waals surface area contributed by atoms with Gasteiger partial charge in [0.2, 0.25) is 10.0 Å². The molecule has 0 saturated carbocycles. The van der Waals surface area contributed by atoms with E-state index in [1.807, 2.05) is 0 Å². The van der Waals surface area contributed by atoms with Gasteiger partial charge in [-0.15, -0.1) is 0 Å². The van der Waals surface area contributed by atoms with Gasteiger partial charge in [-0.2, -0.15) is 0 Å². The number of fused-ring (bicyclic) bond motifs is 1. The minimum Gasteiger partial charge on any atom is -0.496 e. The number of ether oxygens (including phenoxy) is 1. The molecule has 1 saturated heterocycles. The van der Waals surface area contributed by atoms with E-state index in [-0.39, 0.29) is 34.4 Å². The van der Waals surface area contributed by atoms with Crippen LogP contribution in [0.15, 0.2) is 71.8 Å². The minimum absolute atomic E-state index is 0.0915. The van der Waals surface area contributed by atoms with Gasteiger partial charge >= 0.3 is 0 Å². The highest BCUT2D eigenvalue weighted by atomic mass is 32.2. The molecule has 10 nitrogen and oxygen atoms in total. The lowest BCUT2D eigenvalue weighted by Crippen LogP contribution is -2.42. The third-order valence-electron chi connectivity index (χ3n) is 8.25. The van der Waals surface area contributed by atoms with Crippen LogP contribution in [0.4, 0.5) is 8.78 Å². The molecule has 1 fully saturated rings. The van der Waals surface area contributed by atoms with E-state index in [0.717, 1.165) is 25.9 Å². The van der Waals surface area contributed by atoms with Gasteiger partial charge in [0, 0.05) is 49.2 Å². The lowest BCUT2D eigenvalue weighted by atomic mass is 9.96. The predicted octanol–water partition coefficient (Wildman–Crippen LogP) is 4.45. The summed E-state index contributed by atoms with van der Waals surface area (Å²) in [4.78, 5) is 17.5. The van der Waals surface area contributed by atoms with E-state index in [1.54, 1.807) is 36.5 Å². The van der Waals surface area contributed by atoms with Gasteiger partial charge in [-0.25, -0.2) is 27.8 Å². The number of carbonyl (C=O) groups is 1. The van der Waals surface area contributed by atoms with Gasteiger partial charge < -0.3 is 25.4 Å². The Morgan fingerprint density at radius 1 is 1.13 bits per heavy atom. The van der Waals surface area contributed by atoms with Crippen LogP contribution in [0.5, 0.6) is 5.75 Å². The summed E-state index contributed by atoms with van der Waals surface area (Å²) in [5.41, 5.74) is 8.75. The van der Waals surface area contributed by atoms with Gasteiger partial charge in [0.1, 0.15) is 17.4 Å². The average molecular weight is 653 g/mol. The molecule has 0 bridgehead atoms. The number of Topliss-reactive ketones (excluding diaryl/α,β-unsaturated/α-hetero) is 1. The van der Waals surface area contributed by atoms with Gasteiger partial charge in [0.05, 0.1) is 29.0 Å². The standard InChI is InChI=1S/C33H38F2N6O4S/c1-21(42)33-32(26-18-24(34)8-11-29(26)39-33)28(36)20-41(37)19-22-12-15-40(16-13-22)17-14-38-46(43,44)25-9-6-23(7-10-25)31-27(35)4-3-5-30(31)45-2/h3-11,18,20,22,38-39H,12-17,19,36-37H2,1-2H3/b28-20-. The van der Waals surface area contributed by atoms with Crippen molar-refractivity contribution in [2.45, 2.75) is 24.7 Å². The van der Waals surface area contributed by atoms with E-state index >= 15 is 0 Å². The number of sulfonamides is 1. The molecule has 5 rings (SSSR count). The van der Waals surface area contributed by atoms with Gasteiger partial charge in [0.15, 0.2) is 5.78 Å². The molecular formula is C33H38F2N6O4S. The Hall–Kier alpha value is -4.30. The van der Waals surface area contributed by atoms with Crippen LogP contribution in [0.3, 0.4) is 0 Å². The van der Waals surface area contributed by atoms with Crippen LogP contribution in [0.25, 0.3) is 27.7 Å². The number of carbonyl (C=O) groups excluding carboxylic acids is 1. The number of hydrogen-bond acceptors (Lipinski definition) is 8. The van der Waals surface area contributed by atoms with E-state index in [9.17, 15) is 22.0 Å². The summed E-state index contributed by atoms with van der Waals surface area (Å²) in [6.07, 6.45) is 3.28. The second-order valence-electron chi connectivity index (χ2n) is 11.4. The molecular weight excluding hydrogens is 614 g/mol. The van der Waals surface area contributed by atoms with E-state index in [2.05, 4.69) is 14.6 Å². The Morgan fingerprint density at radius 3 is 2.52 bits per heavy atom. The maximum atomic E-state index is 14.4. The molecule has 0 amide bonds. The number of H-pyrrole nitrogens is 1. The maximum Gasteiger partial charge on any atom is 0.240 e. The highest BCUT2D eigenvalue weighted by molar-refractivity contribution is 7.89. The van der Waals surface area contributed by atoms with Crippen molar-refractivity contribution >= 4 is 32.4 Å². The summed E-state index contributed by atoms with van der Waals surface area (Å²) in [5, 5.41) is 2.01. The number of aromatic amines is 1. The van der Waals surface area contributed by atoms with E-state index in [4.69, 9.17) is 16.3 Å². The van der Waals surface area contributed by atoms with Crippen molar-refractivity contribution in [2.24, 2.45) is 17.5 Å². The molecule has 3 aromatic carbocycles. The van der Waals surface area contributed by atoms with Crippen LogP contribution in [-0.4, -0.2) is 68.9 Å². The molecule has 0 unspecified atom stereocenters. The third kappa shape index (κ3) is 7.39. The third-order valence-corrected chi connectivity index (χ3v) is 9.73. The summed E-state index contributed by atoms with van der Waals surface area (Å²) < 4.78 is 62.1. The van der Waals surface area contributed by atoms with E-state index in [1.165, 1.54) is 49.4 Å². The fourth-order valence-electron chi connectivity index (χ4n) is 5.89. The van der Waals surface area contributed by atoms with Crippen molar-refractivity contribution in [3.05, 3.63) is 89.8 Å². The Kier molecular flexibility index (Phi) is 10.1. The maximum absolute atomic E-state index is 14.4. The van der Waals surface area contributed by atoms with Gasteiger partial charge in [-0.1, -0.05) is 18.2 Å². The van der Waals surface area contributed by atoms with Gasteiger partial charge in [-0.3, -0.25) is 4.79 Å². The Balaban J connectivity index is 1.11. The number of piperidine rings is 1. The number of hydrazine groups is 1. The van der Waals surface area contributed by atoms with Crippen molar-refractivity contribution in [3.8, 4) is 16.9 Å². The zero-order valence-electron chi connectivity index (χ0n) is 25.7. The Bertz CT molecular complexity index is 1850. The molecule has 0 spiro atoms. The molecule has 2 heterocycles. The fourth-order valence-corrected chi connectivity index (χ4v) is 6.91. The first-order chi connectivity index (χ1) is 22.0.